The highest BCUT2D eigenvalue weighted by Crippen LogP contribution is 2.32. The third kappa shape index (κ3) is 4.57. The number of carbonyl (C=O) groups is 1. The number of nitrogens with zero attached hydrogens (tertiary/aromatic N) is 3. The largest absolute Gasteiger partial charge is 0.454 e. The first-order valence-electron chi connectivity index (χ1n) is 8.05. The summed E-state index contributed by atoms with van der Waals surface area (Å²) < 4.78 is 10.5. The van der Waals surface area contributed by atoms with Gasteiger partial charge in [0.2, 0.25) is 6.79 Å². The van der Waals surface area contributed by atoms with Crippen molar-refractivity contribution >= 4 is 17.5 Å². The van der Waals surface area contributed by atoms with Gasteiger partial charge in [-0.25, -0.2) is 0 Å². The molecule has 3 rings (SSSR count). The lowest BCUT2D eigenvalue weighted by Gasteiger charge is -2.10. The van der Waals surface area contributed by atoms with E-state index in [9.17, 15) is 4.79 Å². The molecule has 1 aromatic heterocycles. The molecule has 0 bridgehead atoms. The number of carbonyl (C=O) groups excluding carboxylic acids is 1. The molecule has 8 heteroatoms. The number of nitrogens with one attached hydrogen (secondary N) is 2. The Morgan fingerprint density at radius 2 is 1.88 bits per heavy atom. The number of amides is 1. The smallest absolute Gasteiger partial charge is 0.257 e. The number of rotatable bonds is 7. The van der Waals surface area contributed by atoms with E-state index < -0.39 is 0 Å². The quantitative estimate of drug-likeness (QED) is 0.741. The molecule has 0 saturated carbocycles. The van der Waals surface area contributed by atoms with Crippen LogP contribution in [-0.2, 0) is 0 Å². The van der Waals surface area contributed by atoms with Gasteiger partial charge in [-0.15, -0.1) is 10.2 Å². The predicted octanol–water partition coefficient (Wildman–Crippen LogP) is 1.82. The molecular formula is C17H21N5O3. The minimum atomic E-state index is -0.278. The average molecular weight is 343 g/mol. The van der Waals surface area contributed by atoms with Crippen LogP contribution in [0.15, 0.2) is 30.3 Å². The summed E-state index contributed by atoms with van der Waals surface area (Å²) in [7, 11) is 4.08. The van der Waals surface area contributed by atoms with Gasteiger partial charge >= 0.3 is 0 Å². The van der Waals surface area contributed by atoms with E-state index >= 15 is 0 Å². The highest BCUT2D eigenvalue weighted by molar-refractivity contribution is 6.04. The van der Waals surface area contributed by atoms with E-state index in [1.807, 2.05) is 14.1 Å². The van der Waals surface area contributed by atoms with Crippen LogP contribution in [0.3, 0.4) is 0 Å². The summed E-state index contributed by atoms with van der Waals surface area (Å²) in [6.45, 7) is 1.99. The summed E-state index contributed by atoms with van der Waals surface area (Å²) >= 11 is 0. The van der Waals surface area contributed by atoms with Gasteiger partial charge in [0.15, 0.2) is 17.3 Å². The molecule has 0 unspecified atom stereocenters. The zero-order valence-electron chi connectivity index (χ0n) is 14.3. The number of hydrogen-bond donors (Lipinski definition) is 2. The molecular weight excluding hydrogens is 322 g/mol. The van der Waals surface area contributed by atoms with Crippen LogP contribution in [0.1, 0.15) is 16.8 Å². The molecule has 25 heavy (non-hydrogen) atoms. The van der Waals surface area contributed by atoms with Crippen molar-refractivity contribution in [3.63, 3.8) is 0 Å². The second-order valence-corrected chi connectivity index (χ2v) is 5.91. The second-order valence-electron chi connectivity index (χ2n) is 5.91. The van der Waals surface area contributed by atoms with Gasteiger partial charge in [-0.3, -0.25) is 4.79 Å². The van der Waals surface area contributed by atoms with Crippen LogP contribution >= 0.6 is 0 Å². The zero-order chi connectivity index (χ0) is 17.6. The molecule has 2 aromatic rings. The summed E-state index contributed by atoms with van der Waals surface area (Å²) in [5.41, 5.74) is 0.469. The molecule has 2 N–H and O–H groups in total. The van der Waals surface area contributed by atoms with Gasteiger partial charge in [-0.05, 0) is 57.4 Å². The van der Waals surface area contributed by atoms with Crippen molar-refractivity contribution in [1.29, 1.82) is 0 Å². The van der Waals surface area contributed by atoms with Crippen molar-refractivity contribution in [1.82, 2.24) is 15.1 Å². The van der Waals surface area contributed by atoms with E-state index in [-0.39, 0.29) is 12.7 Å². The molecule has 0 fully saturated rings. The Bertz CT molecular complexity index is 734. The number of fused-ring (bicyclic) bond motifs is 1. The fourth-order valence-corrected chi connectivity index (χ4v) is 2.33. The number of benzene rings is 1. The fourth-order valence-electron chi connectivity index (χ4n) is 2.33. The molecule has 0 saturated heterocycles. The van der Waals surface area contributed by atoms with Gasteiger partial charge in [-0.1, -0.05) is 0 Å². The van der Waals surface area contributed by atoms with Crippen LogP contribution in [0.25, 0.3) is 0 Å². The molecule has 0 aliphatic carbocycles. The summed E-state index contributed by atoms with van der Waals surface area (Å²) in [5, 5.41) is 14.0. The van der Waals surface area contributed by atoms with Crippen molar-refractivity contribution in [2.45, 2.75) is 6.42 Å². The molecule has 1 aromatic carbocycles. The number of aromatic nitrogens is 2. The maximum Gasteiger partial charge on any atom is 0.257 e. The lowest BCUT2D eigenvalue weighted by molar-refractivity contribution is 0.102. The molecule has 132 valence electrons. The maximum absolute atomic E-state index is 12.3. The van der Waals surface area contributed by atoms with E-state index in [0.717, 1.165) is 19.5 Å². The highest BCUT2D eigenvalue weighted by Gasteiger charge is 2.16. The predicted molar refractivity (Wildman–Crippen MR) is 94.2 cm³/mol. The summed E-state index contributed by atoms with van der Waals surface area (Å²) in [5.74, 6) is 2.00. The SMILES string of the molecule is CN(C)CCCNc1ccc(NC(=O)c2ccc3c(c2)OCO3)nn1. The van der Waals surface area contributed by atoms with Crippen molar-refractivity contribution in [2.75, 3.05) is 44.6 Å². The van der Waals surface area contributed by atoms with Crippen molar-refractivity contribution in [3.8, 4) is 11.5 Å². The van der Waals surface area contributed by atoms with E-state index in [2.05, 4.69) is 25.7 Å². The Morgan fingerprint density at radius 3 is 2.64 bits per heavy atom. The van der Waals surface area contributed by atoms with Crippen molar-refractivity contribution in [2.24, 2.45) is 0 Å². The topological polar surface area (TPSA) is 88.6 Å². The number of ether oxygens (including phenoxy) is 2. The Balaban J connectivity index is 1.53. The molecule has 1 aliphatic rings. The van der Waals surface area contributed by atoms with Crippen LogP contribution in [-0.4, -0.2) is 55.0 Å². The molecule has 8 nitrogen and oxygen atoms in total. The third-order valence-electron chi connectivity index (χ3n) is 3.63. The van der Waals surface area contributed by atoms with Crippen LogP contribution in [0, 0.1) is 0 Å². The van der Waals surface area contributed by atoms with Crippen molar-refractivity contribution < 1.29 is 14.3 Å². The average Bonchev–Trinajstić information content (AvgIpc) is 3.07. The minimum Gasteiger partial charge on any atom is -0.454 e. The van der Waals surface area contributed by atoms with Crippen LogP contribution < -0.4 is 20.1 Å². The van der Waals surface area contributed by atoms with E-state index in [1.165, 1.54) is 0 Å². The van der Waals surface area contributed by atoms with E-state index in [4.69, 9.17) is 9.47 Å². The summed E-state index contributed by atoms with van der Waals surface area (Å²) in [6.07, 6.45) is 1.01. The lowest BCUT2D eigenvalue weighted by Crippen LogP contribution is -2.17. The molecule has 2 heterocycles. The Labute approximate surface area is 146 Å². The first-order chi connectivity index (χ1) is 12.1. The first-order valence-corrected chi connectivity index (χ1v) is 8.05. The fraction of sp³-hybridized carbons (Fsp3) is 0.353. The van der Waals surface area contributed by atoms with Crippen LogP contribution in [0.5, 0.6) is 11.5 Å². The standard InChI is InChI=1S/C17H21N5O3/c1-22(2)9-3-8-18-15-6-7-16(21-20-15)19-17(23)12-4-5-13-14(10-12)25-11-24-13/h4-7,10H,3,8-9,11H2,1-2H3,(H,18,20)(H,19,21,23). The Hall–Kier alpha value is -2.87. The first kappa shape index (κ1) is 17.0. The van der Waals surface area contributed by atoms with Crippen LogP contribution in [0.4, 0.5) is 11.6 Å². The van der Waals surface area contributed by atoms with E-state index in [0.29, 0.717) is 28.7 Å². The molecule has 0 spiro atoms. The molecule has 0 radical (unpaired) electrons. The number of anilines is 2. The van der Waals surface area contributed by atoms with Gasteiger partial charge in [-0.2, -0.15) is 0 Å². The summed E-state index contributed by atoms with van der Waals surface area (Å²) in [6, 6.07) is 8.54. The minimum absolute atomic E-state index is 0.175. The number of hydrogen-bond acceptors (Lipinski definition) is 7. The van der Waals surface area contributed by atoms with Gasteiger partial charge in [0.25, 0.3) is 5.91 Å². The van der Waals surface area contributed by atoms with Gasteiger partial charge in [0, 0.05) is 12.1 Å². The van der Waals surface area contributed by atoms with Gasteiger partial charge in [0.1, 0.15) is 5.82 Å². The zero-order valence-corrected chi connectivity index (χ0v) is 14.3. The highest BCUT2D eigenvalue weighted by atomic mass is 16.7. The Kier molecular flexibility index (Phi) is 5.30. The van der Waals surface area contributed by atoms with E-state index in [1.54, 1.807) is 30.3 Å². The molecule has 1 aliphatic heterocycles. The third-order valence-corrected chi connectivity index (χ3v) is 3.63. The molecule has 0 atom stereocenters. The summed E-state index contributed by atoms with van der Waals surface area (Å²) in [4.78, 5) is 14.4. The monoisotopic (exact) mass is 343 g/mol. The molecule has 1 amide bonds. The lowest BCUT2D eigenvalue weighted by atomic mass is 10.2. The van der Waals surface area contributed by atoms with Crippen molar-refractivity contribution in [3.05, 3.63) is 35.9 Å². The second kappa shape index (κ2) is 7.80. The maximum atomic E-state index is 12.3. The Morgan fingerprint density at radius 1 is 1.12 bits per heavy atom. The van der Waals surface area contributed by atoms with Crippen LogP contribution in [0.2, 0.25) is 0 Å². The normalized spacial score (nSPS) is 12.3. The van der Waals surface area contributed by atoms with Gasteiger partial charge < -0.3 is 25.0 Å². The van der Waals surface area contributed by atoms with Gasteiger partial charge in [0.05, 0.1) is 0 Å².